The molecule has 32 heavy (non-hydrogen) atoms. The fraction of sp³-hybridized carbons (Fsp3) is 0.409. The van der Waals surface area contributed by atoms with E-state index in [4.69, 9.17) is 9.47 Å². The van der Waals surface area contributed by atoms with E-state index in [0.717, 1.165) is 10.2 Å². The third kappa shape index (κ3) is 5.93. The standard InChI is InChI=1S/C22H27BrN2O6S/c1-16(2)31-18-5-7-19(8-6-18)32(27,28)25-12-10-24(11-13-25)17-4-9-20(23)21(14-17)30-15-22(26)29-3/h4-9,14,16H,10-13,15H2,1-3H3. The molecule has 0 atom stereocenters. The lowest BCUT2D eigenvalue weighted by molar-refractivity contribution is -0.142. The number of halogens is 1. The fourth-order valence-electron chi connectivity index (χ4n) is 3.29. The Hall–Kier alpha value is -2.30. The van der Waals surface area contributed by atoms with Crippen molar-refractivity contribution < 1.29 is 27.4 Å². The average molecular weight is 527 g/mol. The molecule has 0 aliphatic carbocycles. The molecule has 0 radical (unpaired) electrons. The molecular formula is C22H27BrN2O6S. The third-order valence-corrected chi connectivity index (χ3v) is 7.49. The molecule has 8 nitrogen and oxygen atoms in total. The van der Waals surface area contributed by atoms with Gasteiger partial charge in [0.1, 0.15) is 11.5 Å². The highest BCUT2D eigenvalue weighted by Gasteiger charge is 2.29. The van der Waals surface area contributed by atoms with Crippen LogP contribution in [-0.2, 0) is 19.6 Å². The highest BCUT2D eigenvalue weighted by molar-refractivity contribution is 9.10. The highest BCUT2D eigenvalue weighted by Crippen LogP contribution is 2.31. The van der Waals surface area contributed by atoms with Gasteiger partial charge >= 0.3 is 5.97 Å². The minimum atomic E-state index is -3.58. The van der Waals surface area contributed by atoms with Crippen LogP contribution in [0.25, 0.3) is 0 Å². The van der Waals surface area contributed by atoms with E-state index in [1.807, 2.05) is 32.0 Å². The Morgan fingerprint density at radius 3 is 2.31 bits per heavy atom. The number of carbonyl (C=O) groups is 1. The van der Waals surface area contributed by atoms with Crippen LogP contribution in [0.5, 0.6) is 11.5 Å². The number of nitrogens with zero attached hydrogens (tertiary/aromatic N) is 2. The topological polar surface area (TPSA) is 85.4 Å². The number of esters is 1. The van der Waals surface area contributed by atoms with Crippen LogP contribution in [0, 0.1) is 0 Å². The van der Waals surface area contributed by atoms with Gasteiger partial charge in [-0.2, -0.15) is 4.31 Å². The van der Waals surface area contributed by atoms with Gasteiger partial charge in [0.2, 0.25) is 10.0 Å². The zero-order valence-corrected chi connectivity index (χ0v) is 20.7. The van der Waals surface area contributed by atoms with Crippen LogP contribution in [0.1, 0.15) is 13.8 Å². The smallest absolute Gasteiger partial charge is 0.343 e. The molecule has 1 aliphatic rings. The summed E-state index contributed by atoms with van der Waals surface area (Å²) in [5.41, 5.74) is 0.889. The molecule has 1 aliphatic heterocycles. The van der Waals surface area contributed by atoms with Crippen molar-refractivity contribution >= 4 is 37.6 Å². The van der Waals surface area contributed by atoms with E-state index in [0.29, 0.717) is 37.7 Å². The summed E-state index contributed by atoms with van der Waals surface area (Å²) in [6, 6.07) is 12.1. The third-order valence-electron chi connectivity index (χ3n) is 4.93. The number of rotatable bonds is 8. The maximum absolute atomic E-state index is 13.0. The maximum Gasteiger partial charge on any atom is 0.343 e. The first-order valence-corrected chi connectivity index (χ1v) is 12.4. The molecule has 1 saturated heterocycles. The minimum absolute atomic E-state index is 0.0236. The second-order valence-electron chi connectivity index (χ2n) is 7.51. The molecule has 0 saturated carbocycles. The zero-order chi connectivity index (χ0) is 23.3. The normalized spacial score (nSPS) is 15.0. The molecular weight excluding hydrogens is 500 g/mol. The van der Waals surface area contributed by atoms with Gasteiger partial charge in [-0.25, -0.2) is 13.2 Å². The summed E-state index contributed by atoms with van der Waals surface area (Å²) in [6.45, 7) is 5.44. The van der Waals surface area contributed by atoms with E-state index in [1.54, 1.807) is 24.3 Å². The maximum atomic E-state index is 13.0. The summed E-state index contributed by atoms with van der Waals surface area (Å²) < 4.78 is 44.0. The Morgan fingerprint density at radius 1 is 1.06 bits per heavy atom. The van der Waals surface area contributed by atoms with Crippen molar-refractivity contribution in [3.63, 3.8) is 0 Å². The molecule has 1 heterocycles. The number of benzene rings is 2. The van der Waals surface area contributed by atoms with Crippen LogP contribution < -0.4 is 14.4 Å². The van der Waals surface area contributed by atoms with Gasteiger partial charge in [-0.15, -0.1) is 0 Å². The number of hydrogen-bond acceptors (Lipinski definition) is 7. The van der Waals surface area contributed by atoms with E-state index >= 15 is 0 Å². The van der Waals surface area contributed by atoms with E-state index in [2.05, 4.69) is 25.6 Å². The number of piperazine rings is 1. The van der Waals surface area contributed by atoms with Crippen LogP contribution in [0.4, 0.5) is 5.69 Å². The summed E-state index contributed by atoms with van der Waals surface area (Å²) in [5.74, 6) is 0.695. The lowest BCUT2D eigenvalue weighted by atomic mass is 10.2. The lowest BCUT2D eigenvalue weighted by Crippen LogP contribution is -2.48. The number of methoxy groups -OCH3 is 1. The molecule has 174 valence electrons. The van der Waals surface area contributed by atoms with Crippen molar-refractivity contribution in [2.24, 2.45) is 0 Å². The lowest BCUT2D eigenvalue weighted by Gasteiger charge is -2.35. The molecule has 0 N–H and O–H groups in total. The summed E-state index contributed by atoms with van der Waals surface area (Å²) in [4.78, 5) is 13.7. The predicted molar refractivity (Wildman–Crippen MR) is 125 cm³/mol. The van der Waals surface area contributed by atoms with Gasteiger partial charge in [-0.1, -0.05) is 0 Å². The van der Waals surface area contributed by atoms with Crippen molar-refractivity contribution in [2.45, 2.75) is 24.8 Å². The number of sulfonamides is 1. The zero-order valence-electron chi connectivity index (χ0n) is 18.3. The molecule has 0 aromatic heterocycles. The van der Waals surface area contributed by atoms with Gasteiger partial charge in [0, 0.05) is 37.9 Å². The molecule has 0 unspecified atom stereocenters. The average Bonchev–Trinajstić information content (AvgIpc) is 2.78. The van der Waals surface area contributed by atoms with E-state index < -0.39 is 16.0 Å². The Labute approximate surface area is 197 Å². The molecule has 2 aromatic carbocycles. The largest absolute Gasteiger partial charge is 0.491 e. The predicted octanol–water partition coefficient (Wildman–Crippen LogP) is 3.30. The number of hydrogen-bond donors (Lipinski definition) is 0. The molecule has 1 fully saturated rings. The van der Waals surface area contributed by atoms with Crippen molar-refractivity contribution in [3.8, 4) is 11.5 Å². The summed E-state index contributed by atoms with van der Waals surface area (Å²) in [5, 5.41) is 0. The van der Waals surface area contributed by atoms with Crippen molar-refractivity contribution in [1.82, 2.24) is 4.31 Å². The molecule has 0 spiro atoms. The van der Waals surface area contributed by atoms with E-state index in [-0.39, 0.29) is 17.6 Å². The highest BCUT2D eigenvalue weighted by atomic mass is 79.9. The first-order valence-electron chi connectivity index (χ1n) is 10.2. The van der Waals surface area contributed by atoms with Crippen LogP contribution in [-0.4, -0.2) is 64.7 Å². The van der Waals surface area contributed by atoms with Crippen LogP contribution in [0.3, 0.4) is 0 Å². The van der Waals surface area contributed by atoms with Crippen molar-refractivity contribution in [3.05, 3.63) is 46.9 Å². The Balaban J connectivity index is 1.65. The minimum Gasteiger partial charge on any atom is -0.491 e. The van der Waals surface area contributed by atoms with Crippen LogP contribution in [0.15, 0.2) is 51.8 Å². The summed E-state index contributed by atoms with van der Waals surface area (Å²) in [6.07, 6.45) is 0.0236. The van der Waals surface area contributed by atoms with Gasteiger partial charge in [0.05, 0.1) is 22.6 Å². The van der Waals surface area contributed by atoms with Crippen molar-refractivity contribution in [2.75, 3.05) is 44.8 Å². The van der Waals surface area contributed by atoms with Crippen molar-refractivity contribution in [1.29, 1.82) is 0 Å². The summed E-state index contributed by atoms with van der Waals surface area (Å²) in [7, 11) is -2.28. The Morgan fingerprint density at radius 2 is 1.72 bits per heavy atom. The second-order valence-corrected chi connectivity index (χ2v) is 10.3. The number of anilines is 1. The van der Waals surface area contributed by atoms with E-state index in [9.17, 15) is 13.2 Å². The van der Waals surface area contributed by atoms with Gasteiger partial charge in [-0.05, 0) is 66.2 Å². The first kappa shape index (κ1) is 24.3. The van der Waals surface area contributed by atoms with Gasteiger partial charge in [0.25, 0.3) is 0 Å². The molecule has 3 rings (SSSR count). The quantitative estimate of drug-likeness (QED) is 0.487. The van der Waals surface area contributed by atoms with Gasteiger partial charge in [0.15, 0.2) is 6.61 Å². The van der Waals surface area contributed by atoms with E-state index in [1.165, 1.54) is 11.4 Å². The fourth-order valence-corrected chi connectivity index (χ4v) is 5.08. The SMILES string of the molecule is COC(=O)COc1cc(N2CCN(S(=O)(=O)c3ccc(OC(C)C)cc3)CC2)ccc1Br. The first-order chi connectivity index (χ1) is 15.2. The van der Waals surface area contributed by atoms with Gasteiger partial charge < -0.3 is 19.1 Å². The molecule has 0 amide bonds. The Bertz CT molecular complexity index is 1030. The second kappa shape index (κ2) is 10.5. The van der Waals surface area contributed by atoms with Crippen LogP contribution in [0.2, 0.25) is 0 Å². The number of carbonyl (C=O) groups excluding carboxylic acids is 1. The molecule has 0 bridgehead atoms. The van der Waals surface area contributed by atoms with Gasteiger partial charge in [-0.3, -0.25) is 0 Å². The Kier molecular flexibility index (Phi) is 8.02. The molecule has 2 aromatic rings. The molecule has 10 heteroatoms. The number of ether oxygens (including phenoxy) is 3. The van der Waals surface area contributed by atoms with Crippen LogP contribution >= 0.6 is 15.9 Å². The monoisotopic (exact) mass is 526 g/mol. The summed E-state index contributed by atoms with van der Waals surface area (Å²) >= 11 is 3.41.